The standard InChI is InChI=1S/C15H22N2O2/c1-19-15-5-3-2-4-13(15)6-7-14(18)12-17-10-8-16-9-11-17/h2-5,16H,6-12H2,1H3. The van der Waals surface area contributed by atoms with Gasteiger partial charge in [-0.25, -0.2) is 0 Å². The van der Waals surface area contributed by atoms with Crippen molar-refractivity contribution in [3.63, 3.8) is 0 Å². The van der Waals surface area contributed by atoms with Crippen molar-refractivity contribution in [2.24, 2.45) is 0 Å². The highest BCUT2D eigenvalue weighted by Crippen LogP contribution is 2.18. The summed E-state index contributed by atoms with van der Waals surface area (Å²) in [4.78, 5) is 14.2. The van der Waals surface area contributed by atoms with Gasteiger partial charge in [-0.1, -0.05) is 18.2 Å². The van der Waals surface area contributed by atoms with Crippen LogP contribution in [-0.2, 0) is 11.2 Å². The van der Waals surface area contributed by atoms with Crippen LogP contribution in [0.1, 0.15) is 12.0 Å². The number of nitrogens with zero attached hydrogens (tertiary/aromatic N) is 1. The molecule has 0 saturated carbocycles. The Labute approximate surface area is 114 Å². The van der Waals surface area contributed by atoms with Crippen LogP contribution in [0, 0.1) is 0 Å². The highest BCUT2D eigenvalue weighted by atomic mass is 16.5. The number of Topliss-reactive ketones (excluding diaryl/α,β-unsaturated/α-hetero) is 1. The lowest BCUT2D eigenvalue weighted by molar-refractivity contribution is -0.120. The van der Waals surface area contributed by atoms with E-state index in [9.17, 15) is 4.79 Å². The average Bonchev–Trinajstić information content (AvgIpc) is 2.46. The van der Waals surface area contributed by atoms with Gasteiger partial charge in [-0.15, -0.1) is 0 Å². The predicted molar refractivity (Wildman–Crippen MR) is 75.6 cm³/mol. The molecule has 1 aliphatic rings. The zero-order valence-corrected chi connectivity index (χ0v) is 11.5. The van der Waals surface area contributed by atoms with Crippen molar-refractivity contribution in [3.8, 4) is 5.75 Å². The fraction of sp³-hybridized carbons (Fsp3) is 0.533. The number of ether oxygens (including phenoxy) is 1. The van der Waals surface area contributed by atoms with E-state index in [1.807, 2.05) is 24.3 Å². The highest BCUT2D eigenvalue weighted by Gasteiger charge is 2.13. The van der Waals surface area contributed by atoms with Crippen LogP contribution < -0.4 is 10.1 Å². The van der Waals surface area contributed by atoms with Gasteiger partial charge in [-0.2, -0.15) is 0 Å². The number of carbonyl (C=O) groups is 1. The second-order valence-electron chi connectivity index (χ2n) is 4.88. The largest absolute Gasteiger partial charge is 0.496 e. The number of benzene rings is 1. The predicted octanol–water partition coefficient (Wildman–Crippen LogP) is 1.10. The van der Waals surface area contributed by atoms with Crippen molar-refractivity contribution >= 4 is 5.78 Å². The third kappa shape index (κ3) is 4.33. The van der Waals surface area contributed by atoms with E-state index < -0.39 is 0 Å². The molecule has 1 aliphatic heterocycles. The Balaban J connectivity index is 1.79. The fourth-order valence-corrected chi connectivity index (χ4v) is 2.38. The van der Waals surface area contributed by atoms with E-state index in [0.29, 0.717) is 18.7 Å². The van der Waals surface area contributed by atoms with Crippen molar-refractivity contribution in [3.05, 3.63) is 29.8 Å². The molecule has 0 radical (unpaired) electrons. The van der Waals surface area contributed by atoms with Crippen LogP contribution in [0.2, 0.25) is 0 Å². The van der Waals surface area contributed by atoms with Crippen molar-refractivity contribution in [2.75, 3.05) is 39.8 Å². The number of methoxy groups -OCH3 is 1. The molecule has 0 bridgehead atoms. The van der Waals surface area contributed by atoms with Crippen molar-refractivity contribution in [1.29, 1.82) is 0 Å². The van der Waals surface area contributed by atoms with Crippen LogP contribution in [0.4, 0.5) is 0 Å². The Bertz CT molecular complexity index is 414. The number of ketones is 1. The molecule has 2 rings (SSSR count). The number of aryl methyl sites for hydroxylation is 1. The Kier molecular flexibility index (Phi) is 5.36. The summed E-state index contributed by atoms with van der Waals surface area (Å²) in [5.74, 6) is 1.19. The monoisotopic (exact) mass is 262 g/mol. The molecular formula is C15H22N2O2. The van der Waals surface area contributed by atoms with E-state index in [1.165, 1.54) is 0 Å². The Hall–Kier alpha value is -1.39. The maximum absolute atomic E-state index is 12.0. The van der Waals surface area contributed by atoms with E-state index in [-0.39, 0.29) is 0 Å². The molecule has 1 fully saturated rings. The molecule has 1 saturated heterocycles. The van der Waals surface area contributed by atoms with Crippen molar-refractivity contribution in [2.45, 2.75) is 12.8 Å². The molecule has 4 nitrogen and oxygen atoms in total. The van der Waals surface area contributed by atoms with E-state index in [1.54, 1.807) is 7.11 Å². The lowest BCUT2D eigenvalue weighted by Crippen LogP contribution is -2.45. The van der Waals surface area contributed by atoms with Crippen molar-refractivity contribution < 1.29 is 9.53 Å². The SMILES string of the molecule is COc1ccccc1CCC(=O)CN1CCNCC1. The molecule has 0 amide bonds. The number of para-hydroxylation sites is 1. The normalized spacial score (nSPS) is 16.3. The lowest BCUT2D eigenvalue weighted by Gasteiger charge is -2.26. The van der Waals surface area contributed by atoms with E-state index in [0.717, 1.165) is 43.9 Å². The van der Waals surface area contributed by atoms with Gasteiger partial charge in [0.05, 0.1) is 13.7 Å². The molecule has 104 valence electrons. The smallest absolute Gasteiger partial charge is 0.147 e. The summed E-state index contributed by atoms with van der Waals surface area (Å²) in [5.41, 5.74) is 1.11. The number of nitrogens with one attached hydrogen (secondary N) is 1. The van der Waals surface area contributed by atoms with Crippen LogP contribution in [0.3, 0.4) is 0 Å². The number of rotatable bonds is 6. The maximum Gasteiger partial charge on any atom is 0.147 e. The first-order valence-corrected chi connectivity index (χ1v) is 6.86. The molecule has 1 aromatic rings. The molecular weight excluding hydrogens is 240 g/mol. The molecule has 1 N–H and O–H groups in total. The minimum atomic E-state index is 0.313. The van der Waals surface area contributed by atoms with Gasteiger partial charge in [-0.05, 0) is 18.1 Å². The number of carbonyl (C=O) groups excluding carboxylic acids is 1. The molecule has 0 spiro atoms. The minimum Gasteiger partial charge on any atom is -0.496 e. The third-order valence-corrected chi connectivity index (χ3v) is 3.48. The third-order valence-electron chi connectivity index (χ3n) is 3.48. The van der Waals surface area contributed by atoms with Crippen LogP contribution in [0.5, 0.6) is 5.75 Å². The Morgan fingerprint density at radius 1 is 1.32 bits per heavy atom. The Morgan fingerprint density at radius 2 is 2.05 bits per heavy atom. The molecule has 1 aromatic carbocycles. The van der Waals surface area contributed by atoms with Gasteiger partial charge < -0.3 is 10.1 Å². The summed E-state index contributed by atoms with van der Waals surface area (Å²) in [6, 6.07) is 7.90. The van der Waals surface area contributed by atoms with Crippen LogP contribution in [0.15, 0.2) is 24.3 Å². The summed E-state index contributed by atoms with van der Waals surface area (Å²) in [5, 5.41) is 3.29. The Morgan fingerprint density at radius 3 is 2.79 bits per heavy atom. The topological polar surface area (TPSA) is 41.6 Å². The van der Waals surface area contributed by atoms with Crippen LogP contribution >= 0.6 is 0 Å². The molecule has 4 heteroatoms. The van der Waals surface area contributed by atoms with E-state index >= 15 is 0 Å². The summed E-state index contributed by atoms with van der Waals surface area (Å²) in [7, 11) is 1.67. The summed E-state index contributed by atoms with van der Waals surface area (Å²) in [6.07, 6.45) is 1.35. The molecule has 0 unspecified atom stereocenters. The van der Waals surface area contributed by atoms with Crippen molar-refractivity contribution in [1.82, 2.24) is 10.2 Å². The summed E-state index contributed by atoms with van der Waals surface area (Å²) < 4.78 is 5.30. The summed E-state index contributed by atoms with van der Waals surface area (Å²) in [6.45, 7) is 4.50. The van der Waals surface area contributed by atoms with E-state index in [4.69, 9.17) is 4.74 Å². The van der Waals surface area contributed by atoms with Crippen LogP contribution in [0.25, 0.3) is 0 Å². The first-order valence-electron chi connectivity index (χ1n) is 6.86. The first kappa shape index (κ1) is 14.0. The van der Waals surface area contributed by atoms with Gasteiger partial charge >= 0.3 is 0 Å². The average molecular weight is 262 g/mol. The molecule has 19 heavy (non-hydrogen) atoms. The highest BCUT2D eigenvalue weighted by molar-refractivity contribution is 5.80. The molecule has 0 aliphatic carbocycles. The van der Waals surface area contributed by atoms with Gasteiger partial charge in [0.1, 0.15) is 11.5 Å². The molecule has 0 aromatic heterocycles. The van der Waals surface area contributed by atoms with E-state index in [2.05, 4.69) is 10.2 Å². The van der Waals surface area contributed by atoms with Gasteiger partial charge in [0.15, 0.2) is 0 Å². The maximum atomic E-state index is 12.0. The second kappa shape index (κ2) is 7.26. The quantitative estimate of drug-likeness (QED) is 0.833. The second-order valence-corrected chi connectivity index (χ2v) is 4.88. The molecule has 1 heterocycles. The van der Waals surface area contributed by atoms with Gasteiger partial charge in [0, 0.05) is 32.6 Å². The fourth-order valence-electron chi connectivity index (χ4n) is 2.38. The number of hydrogen-bond donors (Lipinski definition) is 1. The number of piperazine rings is 1. The van der Waals surface area contributed by atoms with Gasteiger partial charge in [-0.3, -0.25) is 9.69 Å². The first-order chi connectivity index (χ1) is 9.29. The number of hydrogen-bond acceptors (Lipinski definition) is 4. The van der Waals surface area contributed by atoms with Gasteiger partial charge in [0.2, 0.25) is 0 Å². The lowest BCUT2D eigenvalue weighted by atomic mass is 10.1. The minimum absolute atomic E-state index is 0.313. The zero-order valence-electron chi connectivity index (χ0n) is 11.5. The van der Waals surface area contributed by atoms with Gasteiger partial charge in [0.25, 0.3) is 0 Å². The zero-order chi connectivity index (χ0) is 13.5. The summed E-state index contributed by atoms with van der Waals surface area (Å²) >= 11 is 0. The molecule has 0 atom stereocenters. The van der Waals surface area contributed by atoms with Crippen LogP contribution in [-0.4, -0.2) is 50.5 Å².